The summed E-state index contributed by atoms with van der Waals surface area (Å²) < 4.78 is 0. The fourth-order valence-corrected chi connectivity index (χ4v) is 1.98. The highest BCUT2D eigenvalue weighted by atomic mass is 16.2. The molecule has 0 spiro atoms. The quantitative estimate of drug-likeness (QED) is 0.821. The van der Waals surface area contributed by atoms with Crippen LogP contribution in [0.15, 0.2) is 24.4 Å². The molecule has 0 fully saturated rings. The largest absolute Gasteiger partial charge is 0.396 e. The van der Waals surface area contributed by atoms with E-state index < -0.39 is 0 Å². The van der Waals surface area contributed by atoms with Crippen LogP contribution in [0.25, 0.3) is 10.9 Å². The minimum Gasteiger partial charge on any atom is -0.396 e. The van der Waals surface area contributed by atoms with Gasteiger partial charge in [-0.3, -0.25) is 0 Å². The molecule has 0 aliphatic rings. The van der Waals surface area contributed by atoms with Crippen LogP contribution in [0.1, 0.15) is 11.1 Å². The number of hydrogen-bond donors (Lipinski definition) is 2. The van der Waals surface area contributed by atoms with E-state index in [4.69, 9.17) is 5.11 Å². The van der Waals surface area contributed by atoms with Gasteiger partial charge in [-0.2, -0.15) is 0 Å². The summed E-state index contributed by atoms with van der Waals surface area (Å²) in [5, 5.41) is 10.2. The van der Waals surface area contributed by atoms with Gasteiger partial charge in [0.05, 0.1) is 0 Å². The second-order valence-electron chi connectivity index (χ2n) is 4.41. The van der Waals surface area contributed by atoms with Crippen LogP contribution in [0, 0.1) is 0 Å². The van der Waals surface area contributed by atoms with E-state index in [0.717, 1.165) is 13.0 Å². The monoisotopic (exact) mass is 218 g/mol. The van der Waals surface area contributed by atoms with Gasteiger partial charge in [0.2, 0.25) is 0 Å². The van der Waals surface area contributed by atoms with Crippen molar-refractivity contribution in [2.24, 2.45) is 0 Å². The number of nitrogens with one attached hydrogen (secondary N) is 1. The lowest BCUT2D eigenvalue weighted by Gasteiger charge is -2.08. The average Bonchev–Trinajstić information content (AvgIpc) is 2.61. The molecule has 2 N–H and O–H groups in total. The first kappa shape index (κ1) is 11.2. The number of benzene rings is 1. The molecule has 3 heteroatoms. The third-order valence-corrected chi connectivity index (χ3v) is 2.72. The summed E-state index contributed by atoms with van der Waals surface area (Å²) in [6.45, 7) is 1.14. The molecule has 0 saturated heterocycles. The van der Waals surface area contributed by atoms with Crippen LogP contribution in [0.3, 0.4) is 0 Å². The van der Waals surface area contributed by atoms with Gasteiger partial charge in [0, 0.05) is 30.3 Å². The molecule has 3 nitrogen and oxygen atoms in total. The molecule has 2 rings (SSSR count). The molecule has 1 heterocycles. The van der Waals surface area contributed by atoms with Gasteiger partial charge in [0.25, 0.3) is 0 Å². The number of hydrogen-bond acceptors (Lipinski definition) is 2. The summed E-state index contributed by atoms with van der Waals surface area (Å²) in [6.07, 6.45) is 2.79. The molecule has 86 valence electrons. The first-order valence-corrected chi connectivity index (χ1v) is 5.55. The van der Waals surface area contributed by atoms with Gasteiger partial charge in [-0.05, 0) is 43.8 Å². The second-order valence-corrected chi connectivity index (χ2v) is 4.41. The van der Waals surface area contributed by atoms with E-state index >= 15 is 0 Å². The Labute approximate surface area is 95.7 Å². The molecule has 1 aromatic heterocycles. The van der Waals surface area contributed by atoms with E-state index in [2.05, 4.69) is 48.4 Å². The van der Waals surface area contributed by atoms with Crippen molar-refractivity contribution in [2.45, 2.75) is 13.0 Å². The van der Waals surface area contributed by atoms with Gasteiger partial charge in [0.15, 0.2) is 0 Å². The Morgan fingerprint density at radius 1 is 1.31 bits per heavy atom. The third-order valence-electron chi connectivity index (χ3n) is 2.72. The van der Waals surface area contributed by atoms with Crippen LogP contribution < -0.4 is 0 Å². The summed E-state index contributed by atoms with van der Waals surface area (Å²) >= 11 is 0. The Bertz CT molecular complexity index is 474. The van der Waals surface area contributed by atoms with Crippen molar-refractivity contribution in [2.75, 3.05) is 20.7 Å². The minimum absolute atomic E-state index is 0.207. The van der Waals surface area contributed by atoms with Gasteiger partial charge >= 0.3 is 0 Å². The van der Waals surface area contributed by atoms with Crippen LogP contribution in [0.2, 0.25) is 0 Å². The SMILES string of the molecule is CN(C)Cc1c[nH]c2ccc(CCO)cc12. The maximum atomic E-state index is 8.94. The fraction of sp³-hybridized carbons (Fsp3) is 0.385. The van der Waals surface area contributed by atoms with Crippen LogP contribution in [-0.4, -0.2) is 35.7 Å². The van der Waals surface area contributed by atoms with Crippen LogP contribution >= 0.6 is 0 Å². The summed E-state index contributed by atoms with van der Waals surface area (Å²) in [5.41, 5.74) is 3.66. The molecule has 0 aliphatic heterocycles. The predicted molar refractivity (Wildman–Crippen MR) is 66.5 cm³/mol. The molecule has 2 aromatic rings. The van der Waals surface area contributed by atoms with E-state index in [0.29, 0.717) is 0 Å². The van der Waals surface area contributed by atoms with Crippen molar-refractivity contribution < 1.29 is 5.11 Å². The van der Waals surface area contributed by atoms with Gasteiger partial charge in [-0.25, -0.2) is 0 Å². The van der Waals surface area contributed by atoms with Crippen LogP contribution in [0.5, 0.6) is 0 Å². The first-order chi connectivity index (χ1) is 7.70. The molecule has 0 bridgehead atoms. The zero-order valence-electron chi connectivity index (χ0n) is 9.83. The summed E-state index contributed by atoms with van der Waals surface area (Å²) in [6, 6.07) is 6.31. The zero-order valence-corrected chi connectivity index (χ0v) is 9.83. The Kier molecular flexibility index (Phi) is 3.27. The highest BCUT2D eigenvalue weighted by Crippen LogP contribution is 2.21. The number of aliphatic hydroxyl groups excluding tert-OH is 1. The fourth-order valence-electron chi connectivity index (χ4n) is 1.98. The maximum Gasteiger partial charge on any atom is 0.0471 e. The lowest BCUT2D eigenvalue weighted by atomic mass is 10.1. The Morgan fingerprint density at radius 2 is 2.12 bits per heavy atom. The molecule has 0 atom stereocenters. The smallest absolute Gasteiger partial charge is 0.0471 e. The zero-order chi connectivity index (χ0) is 11.5. The molecule has 0 radical (unpaired) electrons. The van der Waals surface area contributed by atoms with Crippen molar-refractivity contribution in [3.05, 3.63) is 35.5 Å². The molecule has 0 saturated carbocycles. The second kappa shape index (κ2) is 4.68. The van der Waals surface area contributed by atoms with Crippen molar-refractivity contribution in [1.82, 2.24) is 9.88 Å². The molecule has 16 heavy (non-hydrogen) atoms. The van der Waals surface area contributed by atoms with Gasteiger partial charge in [-0.15, -0.1) is 0 Å². The molecular weight excluding hydrogens is 200 g/mol. The van der Waals surface area contributed by atoms with E-state index in [1.807, 2.05) is 0 Å². The maximum absolute atomic E-state index is 8.94. The Balaban J connectivity index is 2.39. The van der Waals surface area contributed by atoms with E-state index in [-0.39, 0.29) is 6.61 Å². The van der Waals surface area contributed by atoms with E-state index in [1.54, 1.807) is 0 Å². The van der Waals surface area contributed by atoms with Crippen LogP contribution in [0.4, 0.5) is 0 Å². The third kappa shape index (κ3) is 2.26. The lowest BCUT2D eigenvalue weighted by molar-refractivity contribution is 0.299. The summed E-state index contributed by atoms with van der Waals surface area (Å²) in [7, 11) is 4.13. The highest BCUT2D eigenvalue weighted by Gasteiger charge is 2.05. The number of aliphatic hydroxyl groups is 1. The van der Waals surface area contributed by atoms with E-state index in [1.165, 1.54) is 22.0 Å². The molecule has 1 aromatic carbocycles. The molecule has 0 unspecified atom stereocenters. The first-order valence-electron chi connectivity index (χ1n) is 5.55. The summed E-state index contributed by atoms with van der Waals surface area (Å²) in [5.74, 6) is 0. The summed E-state index contributed by atoms with van der Waals surface area (Å²) in [4.78, 5) is 5.43. The number of rotatable bonds is 4. The van der Waals surface area contributed by atoms with Crippen molar-refractivity contribution >= 4 is 10.9 Å². The lowest BCUT2D eigenvalue weighted by Crippen LogP contribution is -2.10. The standard InChI is InChI=1S/C13H18N2O/c1-15(2)9-11-8-14-13-4-3-10(5-6-16)7-12(11)13/h3-4,7-8,14,16H,5-6,9H2,1-2H3. The van der Waals surface area contributed by atoms with Crippen molar-refractivity contribution in [3.8, 4) is 0 Å². The van der Waals surface area contributed by atoms with Gasteiger partial charge in [0.1, 0.15) is 0 Å². The number of H-pyrrole nitrogens is 1. The molecular formula is C13H18N2O. The van der Waals surface area contributed by atoms with Crippen molar-refractivity contribution in [1.29, 1.82) is 0 Å². The van der Waals surface area contributed by atoms with Gasteiger partial charge in [-0.1, -0.05) is 6.07 Å². The Hall–Kier alpha value is -1.32. The molecule has 0 aliphatic carbocycles. The molecule has 0 amide bonds. The van der Waals surface area contributed by atoms with Gasteiger partial charge < -0.3 is 15.0 Å². The number of aromatic amines is 1. The highest BCUT2D eigenvalue weighted by molar-refractivity contribution is 5.83. The predicted octanol–water partition coefficient (Wildman–Crippen LogP) is 1.76. The van der Waals surface area contributed by atoms with Crippen molar-refractivity contribution in [3.63, 3.8) is 0 Å². The normalized spacial score (nSPS) is 11.5. The minimum atomic E-state index is 0.207. The number of nitrogens with zero attached hydrogens (tertiary/aromatic N) is 1. The average molecular weight is 218 g/mol. The van der Waals surface area contributed by atoms with Crippen LogP contribution in [-0.2, 0) is 13.0 Å². The number of fused-ring (bicyclic) bond motifs is 1. The number of aromatic nitrogens is 1. The topological polar surface area (TPSA) is 39.3 Å². The Morgan fingerprint density at radius 3 is 2.81 bits per heavy atom. The van der Waals surface area contributed by atoms with E-state index in [9.17, 15) is 0 Å².